The normalized spacial score (nSPS) is 16.0. The summed E-state index contributed by atoms with van der Waals surface area (Å²) in [7, 11) is 0. The van der Waals surface area contributed by atoms with Crippen molar-refractivity contribution in [3.05, 3.63) is 35.9 Å². The van der Waals surface area contributed by atoms with Gasteiger partial charge < -0.3 is 4.74 Å². The summed E-state index contributed by atoms with van der Waals surface area (Å²) in [5.74, 6) is -1.88. The lowest BCUT2D eigenvalue weighted by Gasteiger charge is -2.16. The van der Waals surface area contributed by atoms with Gasteiger partial charge in [0.25, 0.3) is 0 Å². The summed E-state index contributed by atoms with van der Waals surface area (Å²) >= 11 is 0. The van der Waals surface area contributed by atoms with Crippen molar-refractivity contribution in [3.8, 4) is 0 Å². The molecule has 0 saturated carbocycles. The van der Waals surface area contributed by atoms with Gasteiger partial charge in [-0.2, -0.15) is 0 Å². The molecule has 1 saturated heterocycles. The first-order valence-corrected chi connectivity index (χ1v) is 6.61. The number of likely N-dealkylation sites (tertiary alicyclic amines) is 1. The highest BCUT2D eigenvalue weighted by atomic mass is 16.5. The molecule has 0 bridgehead atoms. The van der Waals surface area contributed by atoms with Crippen LogP contribution in [0.1, 0.15) is 30.1 Å². The van der Waals surface area contributed by atoms with Crippen LogP contribution >= 0.6 is 0 Å². The molecule has 1 heterocycles. The number of carbonyl (C=O) groups excluding carboxylic acids is 4. The summed E-state index contributed by atoms with van der Waals surface area (Å²) in [6.07, 6.45) is -0.734. The molecule has 1 fully saturated rings. The number of ketones is 1. The topological polar surface area (TPSA) is 80.8 Å². The average Bonchev–Trinajstić information content (AvgIpc) is 2.79. The van der Waals surface area contributed by atoms with Crippen LogP contribution in [0.15, 0.2) is 30.3 Å². The molecular weight excluding hydrogens is 274 g/mol. The van der Waals surface area contributed by atoms with Gasteiger partial charge in [-0.25, -0.2) is 0 Å². The van der Waals surface area contributed by atoms with E-state index in [1.807, 2.05) is 0 Å². The zero-order chi connectivity index (χ0) is 15.4. The van der Waals surface area contributed by atoms with Gasteiger partial charge in [-0.1, -0.05) is 30.3 Å². The quantitative estimate of drug-likeness (QED) is 0.458. The molecule has 1 aromatic carbocycles. The fraction of sp³-hybridized carbons (Fsp3) is 0.333. The molecule has 0 spiro atoms. The Hall–Kier alpha value is -2.50. The van der Waals surface area contributed by atoms with Gasteiger partial charge in [-0.15, -0.1) is 0 Å². The van der Waals surface area contributed by atoms with Crippen LogP contribution in [0.2, 0.25) is 0 Å². The zero-order valence-electron chi connectivity index (χ0n) is 11.6. The van der Waals surface area contributed by atoms with E-state index in [2.05, 4.69) is 0 Å². The molecular formula is C15H15NO5. The van der Waals surface area contributed by atoms with Crippen LogP contribution in [-0.4, -0.2) is 41.1 Å². The number of amides is 2. The predicted molar refractivity (Wildman–Crippen MR) is 72.3 cm³/mol. The summed E-state index contributed by atoms with van der Waals surface area (Å²) < 4.78 is 4.99. The van der Waals surface area contributed by atoms with E-state index in [4.69, 9.17) is 4.74 Å². The summed E-state index contributed by atoms with van der Waals surface area (Å²) in [6, 6.07) is 8.45. The Bertz CT molecular complexity index is 565. The average molecular weight is 289 g/mol. The summed E-state index contributed by atoms with van der Waals surface area (Å²) in [4.78, 5) is 47.4. The van der Waals surface area contributed by atoms with Crippen molar-refractivity contribution >= 4 is 23.6 Å². The number of benzene rings is 1. The van der Waals surface area contributed by atoms with E-state index < -0.39 is 18.6 Å². The molecule has 0 aliphatic carbocycles. The number of ether oxygens (including phenoxy) is 1. The summed E-state index contributed by atoms with van der Waals surface area (Å²) in [6.45, 7) is 1.02. The second kappa shape index (κ2) is 6.30. The first-order chi connectivity index (χ1) is 9.99. The Kier molecular flexibility index (Phi) is 4.47. The molecule has 1 aromatic rings. The van der Waals surface area contributed by atoms with Gasteiger partial charge in [-0.3, -0.25) is 24.1 Å². The first-order valence-electron chi connectivity index (χ1n) is 6.61. The van der Waals surface area contributed by atoms with Crippen LogP contribution in [-0.2, 0) is 19.1 Å². The monoisotopic (exact) mass is 289 g/mol. The number of nitrogens with zero attached hydrogens (tertiary/aromatic N) is 1. The standard InChI is InChI=1S/C15H15NO5/c1-10(15(20)11-5-3-2-4-6-11)21-14(19)9-16-12(17)7-8-13(16)18/h2-6,10H,7-9H2,1H3. The largest absolute Gasteiger partial charge is 0.453 e. The van der Waals surface area contributed by atoms with E-state index in [1.54, 1.807) is 30.3 Å². The van der Waals surface area contributed by atoms with Crippen molar-refractivity contribution in [2.75, 3.05) is 6.54 Å². The van der Waals surface area contributed by atoms with Gasteiger partial charge in [0.1, 0.15) is 6.54 Å². The minimum atomic E-state index is -0.965. The molecule has 2 amide bonds. The van der Waals surface area contributed by atoms with E-state index in [-0.39, 0.29) is 30.4 Å². The zero-order valence-corrected chi connectivity index (χ0v) is 11.6. The maximum atomic E-state index is 12.0. The molecule has 1 aliphatic rings. The van der Waals surface area contributed by atoms with Gasteiger partial charge in [0, 0.05) is 18.4 Å². The number of carbonyl (C=O) groups is 4. The van der Waals surface area contributed by atoms with E-state index >= 15 is 0 Å². The van der Waals surface area contributed by atoms with Crippen molar-refractivity contribution in [3.63, 3.8) is 0 Å². The number of hydrogen-bond donors (Lipinski definition) is 0. The predicted octanol–water partition coefficient (Wildman–Crippen LogP) is 0.950. The molecule has 110 valence electrons. The highest BCUT2D eigenvalue weighted by Gasteiger charge is 2.31. The van der Waals surface area contributed by atoms with Crippen LogP contribution in [0.25, 0.3) is 0 Å². The second-order valence-corrected chi connectivity index (χ2v) is 4.74. The number of Topliss-reactive ketones (excluding diaryl/α,β-unsaturated/α-hetero) is 1. The highest BCUT2D eigenvalue weighted by Crippen LogP contribution is 2.12. The molecule has 2 rings (SSSR count). The lowest BCUT2D eigenvalue weighted by molar-refractivity contribution is -0.154. The Balaban J connectivity index is 1.92. The van der Waals surface area contributed by atoms with Crippen LogP contribution < -0.4 is 0 Å². The Morgan fingerprint density at radius 3 is 2.29 bits per heavy atom. The van der Waals surface area contributed by atoms with Crippen LogP contribution in [0.4, 0.5) is 0 Å². The Labute approximate surface area is 121 Å². The van der Waals surface area contributed by atoms with Gasteiger partial charge in [0.05, 0.1) is 0 Å². The van der Waals surface area contributed by atoms with Crippen molar-refractivity contribution in [1.29, 1.82) is 0 Å². The van der Waals surface area contributed by atoms with Gasteiger partial charge in [0.15, 0.2) is 6.10 Å². The first kappa shape index (κ1) is 14.9. The van der Waals surface area contributed by atoms with Gasteiger partial charge >= 0.3 is 5.97 Å². The van der Waals surface area contributed by atoms with Crippen molar-refractivity contribution in [2.24, 2.45) is 0 Å². The number of rotatable bonds is 5. The second-order valence-electron chi connectivity index (χ2n) is 4.74. The highest BCUT2D eigenvalue weighted by molar-refractivity contribution is 6.04. The Morgan fingerprint density at radius 1 is 1.14 bits per heavy atom. The Morgan fingerprint density at radius 2 is 1.71 bits per heavy atom. The fourth-order valence-electron chi connectivity index (χ4n) is 2.05. The maximum Gasteiger partial charge on any atom is 0.326 e. The molecule has 0 N–H and O–H groups in total. The van der Waals surface area contributed by atoms with Crippen molar-refractivity contribution in [2.45, 2.75) is 25.9 Å². The molecule has 0 radical (unpaired) electrons. The SMILES string of the molecule is CC(OC(=O)CN1C(=O)CCC1=O)C(=O)c1ccccc1. The smallest absolute Gasteiger partial charge is 0.326 e. The van der Waals surface area contributed by atoms with Crippen molar-refractivity contribution in [1.82, 2.24) is 4.90 Å². The molecule has 1 aliphatic heterocycles. The number of hydrogen-bond acceptors (Lipinski definition) is 5. The van der Waals surface area contributed by atoms with Crippen LogP contribution in [0.5, 0.6) is 0 Å². The lowest BCUT2D eigenvalue weighted by Crippen LogP contribution is -2.37. The third-order valence-electron chi connectivity index (χ3n) is 3.18. The fourth-order valence-corrected chi connectivity index (χ4v) is 2.05. The van der Waals surface area contributed by atoms with Gasteiger partial charge in [-0.05, 0) is 6.92 Å². The minimum absolute atomic E-state index is 0.116. The third-order valence-corrected chi connectivity index (χ3v) is 3.18. The van der Waals surface area contributed by atoms with E-state index in [9.17, 15) is 19.2 Å². The maximum absolute atomic E-state index is 12.0. The third kappa shape index (κ3) is 3.53. The minimum Gasteiger partial charge on any atom is -0.453 e. The summed E-state index contributed by atoms with van der Waals surface area (Å²) in [5, 5.41) is 0. The lowest BCUT2D eigenvalue weighted by atomic mass is 10.1. The van der Waals surface area contributed by atoms with Crippen LogP contribution in [0.3, 0.4) is 0 Å². The molecule has 6 heteroatoms. The summed E-state index contributed by atoms with van der Waals surface area (Å²) in [5.41, 5.74) is 0.436. The molecule has 1 unspecified atom stereocenters. The number of esters is 1. The molecule has 6 nitrogen and oxygen atoms in total. The van der Waals surface area contributed by atoms with Crippen molar-refractivity contribution < 1.29 is 23.9 Å². The number of imide groups is 1. The van der Waals surface area contributed by atoms with Crippen LogP contribution in [0, 0.1) is 0 Å². The van der Waals surface area contributed by atoms with E-state index in [0.29, 0.717) is 5.56 Å². The molecule has 1 atom stereocenters. The molecule has 21 heavy (non-hydrogen) atoms. The van der Waals surface area contributed by atoms with Gasteiger partial charge in [0.2, 0.25) is 17.6 Å². The van der Waals surface area contributed by atoms with E-state index in [1.165, 1.54) is 6.92 Å². The van der Waals surface area contributed by atoms with E-state index in [0.717, 1.165) is 4.90 Å². The molecule has 0 aromatic heterocycles.